The van der Waals surface area contributed by atoms with E-state index in [1.54, 1.807) is 36.4 Å². The van der Waals surface area contributed by atoms with E-state index in [-0.39, 0.29) is 42.9 Å². The van der Waals surface area contributed by atoms with Crippen molar-refractivity contribution in [2.45, 2.75) is 25.8 Å². The summed E-state index contributed by atoms with van der Waals surface area (Å²) >= 11 is 3.14. The summed E-state index contributed by atoms with van der Waals surface area (Å²) in [6, 6.07) is 11.6. The molecule has 1 fully saturated rings. The third-order valence-corrected chi connectivity index (χ3v) is 5.00. The third kappa shape index (κ3) is 4.80. The molecule has 0 atom stereocenters. The molecule has 0 aliphatic carbocycles. The molecule has 140 valence electrons. The number of carbonyl (C=O) groups is 3. The SMILES string of the molecule is O=C(NCCc1ccc(F)c(Br)c1)c1ccc(CN2C(=O)CCC2=O)cc1. The molecule has 5 nitrogen and oxygen atoms in total. The molecule has 1 N–H and O–H groups in total. The highest BCUT2D eigenvalue weighted by molar-refractivity contribution is 9.10. The van der Waals surface area contributed by atoms with Crippen LogP contribution in [0.5, 0.6) is 0 Å². The molecular weight excluding hydrogens is 415 g/mol. The topological polar surface area (TPSA) is 66.5 Å². The molecule has 0 radical (unpaired) electrons. The van der Waals surface area contributed by atoms with Crippen LogP contribution in [-0.4, -0.2) is 29.2 Å². The molecule has 1 aliphatic rings. The van der Waals surface area contributed by atoms with Crippen molar-refractivity contribution in [1.82, 2.24) is 10.2 Å². The lowest BCUT2D eigenvalue weighted by atomic mass is 10.1. The molecular formula is C20H18BrFN2O3. The molecule has 7 heteroatoms. The van der Waals surface area contributed by atoms with Crippen LogP contribution in [0, 0.1) is 5.82 Å². The molecule has 1 heterocycles. The van der Waals surface area contributed by atoms with E-state index in [1.807, 2.05) is 0 Å². The van der Waals surface area contributed by atoms with Crippen LogP contribution >= 0.6 is 15.9 Å². The average Bonchev–Trinajstić information content (AvgIpc) is 2.97. The Morgan fingerprint density at radius 2 is 1.67 bits per heavy atom. The number of carbonyl (C=O) groups excluding carboxylic acids is 3. The summed E-state index contributed by atoms with van der Waals surface area (Å²) in [6.45, 7) is 0.661. The van der Waals surface area contributed by atoms with Gasteiger partial charge in [-0.3, -0.25) is 19.3 Å². The van der Waals surface area contributed by atoms with Gasteiger partial charge in [-0.15, -0.1) is 0 Å². The lowest BCUT2D eigenvalue weighted by molar-refractivity contribution is -0.139. The molecule has 2 aromatic carbocycles. The number of hydrogen-bond donors (Lipinski definition) is 1. The highest BCUT2D eigenvalue weighted by Gasteiger charge is 2.28. The van der Waals surface area contributed by atoms with Gasteiger partial charge in [0.15, 0.2) is 0 Å². The van der Waals surface area contributed by atoms with Gasteiger partial charge in [-0.2, -0.15) is 0 Å². The van der Waals surface area contributed by atoms with Gasteiger partial charge in [0, 0.05) is 24.9 Å². The maximum Gasteiger partial charge on any atom is 0.251 e. The van der Waals surface area contributed by atoms with Gasteiger partial charge in [0.2, 0.25) is 11.8 Å². The summed E-state index contributed by atoms with van der Waals surface area (Å²) < 4.78 is 13.6. The van der Waals surface area contributed by atoms with Crippen LogP contribution in [0.15, 0.2) is 46.9 Å². The van der Waals surface area contributed by atoms with Gasteiger partial charge in [-0.1, -0.05) is 18.2 Å². The number of nitrogens with zero attached hydrogens (tertiary/aromatic N) is 1. The fraction of sp³-hybridized carbons (Fsp3) is 0.250. The van der Waals surface area contributed by atoms with Gasteiger partial charge in [0.25, 0.3) is 5.91 Å². The van der Waals surface area contributed by atoms with Crippen molar-refractivity contribution in [1.29, 1.82) is 0 Å². The summed E-state index contributed by atoms with van der Waals surface area (Å²) in [4.78, 5) is 36.8. The minimum Gasteiger partial charge on any atom is -0.352 e. The zero-order valence-electron chi connectivity index (χ0n) is 14.5. The zero-order valence-corrected chi connectivity index (χ0v) is 16.1. The molecule has 0 aromatic heterocycles. The number of rotatable bonds is 6. The molecule has 3 rings (SSSR count). The van der Waals surface area contributed by atoms with Gasteiger partial charge < -0.3 is 5.32 Å². The molecule has 2 aromatic rings. The fourth-order valence-corrected chi connectivity index (χ4v) is 3.29. The summed E-state index contributed by atoms with van der Waals surface area (Å²) in [6.07, 6.45) is 1.12. The maximum absolute atomic E-state index is 13.2. The monoisotopic (exact) mass is 432 g/mol. The van der Waals surface area contributed by atoms with Gasteiger partial charge >= 0.3 is 0 Å². The fourth-order valence-electron chi connectivity index (χ4n) is 2.86. The van der Waals surface area contributed by atoms with Crippen LogP contribution in [-0.2, 0) is 22.6 Å². The predicted octanol–water partition coefficient (Wildman–Crippen LogP) is 3.21. The Hall–Kier alpha value is -2.54. The predicted molar refractivity (Wildman–Crippen MR) is 101 cm³/mol. The van der Waals surface area contributed by atoms with Crippen LogP contribution < -0.4 is 5.32 Å². The Morgan fingerprint density at radius 3 is 2.30 bits per heavy atom. The smallest absolute Gasteiger partial charge is 0.251 e. The Labute approximate surface area is 164 Å². The van der Waals surface area contributed by atoms with E-state index in [2.05, 4.69) is 21.2 Å². The van der Waals surface area contributed by atoms with Gasteiger partial charge in [0.1, 0.15) is 5.82 Å². The first-order valence-corrected chi connectivity index (χ1v) is 9.37. The van der Waals surface area contributed by atoms with Gasteiger partial charge in [-0.05, 0) is 57.7 Å². The molecule has 1 saturated heterocycles. The van der Waals surface area contributed by atoms with Crippen LogP contribution in [0.1, 0.15) is 34.3 Å². The number of nitrogens with one attached hydrogen (secondary N) is 1. The summed E-state index contributed by atoms with van der Waals surface area (Å²) in [5, 5.41) is 2.82. The Kier molecular flexibility index (Phi) is 6.01. The Morgan fingerprint density at radius 1 is 1.04 bits per heavy atom. The van der Waals surface area contributed by atoms with E-state index in [1.165, 1.54) is 11.0 Å². The minimum absolute atomic E-state index is 0.158. The number of halogens is 2. The van der Waals surface area contributed by atoms with E-state index < -0.39 is 0 Å². The maximum atomic E-state index is 13.2. The number of amides is 3. The Bertz CT molecular complexity index is 867. The van der Waals surface area contributed by atoms with Crippen molar-refractivity contribution >= 4 is 33.7 Å². The quantitative estimate of drug-likeness (QED) is 0.712. The van der Waals surface area contributed by atoms with E-state index >= 15 is 0 Å². The van der Waals surface area contributed by atoms with Crippen LogP contribution in [0.4, 0.5) is 4.39 Å². The van der Waals surface area contributed by atoms with Crippen LogP contribution in [0.25, 0.3) is 0 Å². The molecule has 0 unspecified atom stereocenters. The van der Waals surface area contributed by atoms with Crippen molar-refractivity contribution in [3.8, 4) is 0 Å². The second kappa shape index (κ2) is 8.43. The minimum atomic E-state index is -0.319. The summed E-state index contributed by atoms with van der Waals surface area (Å²) in [5.74, 6) is -0.847. The number of hydrogen-bond acceptors (Lipinski definition) is 3. The van der Waals surface area contributed by atoms with Gasteiger partial charge in [-0.25, -0.2) is 4.39 Å². The highest BCUT2D eigenvalue weighted by atomic mass is 79.9. The standard InChI is InChI=1S/C20H18BrFN2O3/c21-16-11-13(3-6-17(16)22)9-10-23-20(27)15-4-1-14(2-5-15)12-24-18(25)7-8-19(24)26/h1-6,11H,7-10,12H2,(H,23,27). The van der Waals surface area contributed by atoms with Crippen molar-refractivity contribution in [2.75, 3.05) is 6.54 Å². The Balaban J connectivity index is 1.52. The van der Waals surface area contributed by atoms with E-state index in [0.717, 1.165) is 11.1 Å². The number of benzene rings is 2. The summed E-state index contributed by atoms with van der Waals surface area (Å²) in [5.41, 5.74) is 2.21. The first kappa shape index (κ1) is 19.2. The second-order valence-corrected chi connectivity index (χ2v) is 7.18. The number of imide groups is 1. The van der Waals surface area contributed by atoms with Gasteiger partial charge in [0.05, 0.1) is 11.0 Å². The van der Waals surface area contributed by atoms with E-state index in [4.69, 9.17) is 0 Å². The average molecular weight is 433 g/mol. The summed E-state index contributed by atoms with van der Waals surface area (Å²) in [7, 11) is 0. The highest BCUT2D eigenvalue weighted by Crippen LogP contribution is 2.17. The molecule has 3 amide bonds. The lowest BCUT2D eigenvalue weighted by Crippen LogP contribution is -2.28. The largest absolute Gasteiger partial charge is 0.352 e. The molecule has 27 heavy (non-hydrogen) atoms. The zero-order chi connectivity index (χ0) is 19.4. The second-order valence-electron chi connectivity index (χ2n) is 6.32. The first-order chi connectivity index (χ1) is 12.9. The molecule has 0 bridgehead atoms. The molecule has 0 saturated carbocycles. The normalized spacial score (nSPS) is 13.9. The van der Waals surface area contributed by atoms with Crippen molar-refractivity contribution < 1.29 is 18.8 Å². The van der Waals surface area contributed by atoms with Crippen LogP contribution in [0.2, 0.25) is 0 Å². The third-order valence-electron chi connectivity index (χ3n) is 4.39. The molecule has 0 spiro atoms. The number of likely N-dealkylation sites (tertiary alicyclic amines) is 1. The van der Waals surface area contributed by atoms with E-state index in [9.17, 15) is 18.8 Å². The first-order valence-electron chi connectivity index (χ1n) is 8.58. The van der Waals surface area contributed by atoms with Crippen molar-refractivity contribution in [3.05, 3.63) is 69.4 Å². The van der Waals surface area contributed by atoms with Crippen LogP contribution in [0.3, 0.4) is 0 Å². The lowest BCUT2D eigenvalue weighted by Gasteiger charge is -2.14. The van der Waals surface area contributed by atoms with Crippen molar-refractivity contribution in [3.63, 3.8) is 0 Å². The van der Waals surface area contributed by atoms with Crippen molar-refractivity contribution in [2.24, 2.45) is 0 Å². The molecule has 1 aliphatic heterocycles. The van der Waals surface area contributed by atoms with E-state index in [0.29, 0.717) is 23.0 Å².